The lowest BCUT2D eigenvalue weighted by molar-refractivity contribution is 0.100. The summed E-state index contributed by atoms with van der Waals surface area (Å²) in [7, 11) is 0. The number of anilines is 2. The van der Waals surface area contributed by atoms with E-state index in [1.165, 1.54) is 11.1 Å². The number of primary amides is 1. The highest BCUT2D eigenvalue weighted by molar-refractivity contribution is 5.97. The predicted octanol–water partition coefficient (Wildman–Crippen LogP) is 1.33. The van der Waals surface area contributed by atoms with E-state index in [-0.39, 0.29) is 0 Å². The van der Waals surface area contributed by atoms with Crippen LogP contribution in [-0.4, -0.2) is 17.4 Å². The molecule has 5 heteroatoms. The number of hydrogen-bond donors (Lipinski definition) is 2. The molecule has 102 valence electrons. The number of benzene rings is 1. The molecule has 1 aliphatic heterocycles. The van der Waals surface area contributed by atoms with Crippen LogP contribution in [0.3, 0.4) is 0 Å². The number of nitrogens with two attached hydrogens (primary N) is 2. The normalized spacial score (nSPS) is 13.9. The fraction of sp³-hybridized carbons (Fsp3) is 0.200. The molecule has 0 radical (unpaired) electrons. The minimum atomic E-state index is -0.452. The van der Waals surface area contributed by atoms with Gasteiger partial charge in [-0.2, -0.15) is 0 Å². The number of pyridine rings is 1. The maximum Gasteiger partial charge on any atom is 0.252 e. The predicted molar refractivity (Wildman–Crippen MR) is 78.4 cm³/mol. The summed E-state index contributed by atoms with van der Waals surface area (Å²) in [5.74, 6) is 0.194. The molecule has 4 N–H and O–H groups in total. The Morgan fingerprint density at radius 1 is 1.25 bits per heavy atom. The summed E-state index contributed by atoms with van der Waals surface area (Å²) in [5.41, 5.74) is 15.1. The van der Waals surface area contributed by atoms with Crippen molar-refractivity contribution in [1.29, 1.82) is 0 Å². The molecule has 2 heterocycles. The van der Waals surface area contributed by atoms with Gasteiger partial charge in [-0.3, -0.25) is 4.79 Å². The zero-order chi connectivity index (χ0) is 14.1. The molecule has 1 aromatic carbocycles. The van der Waals surface area contributed by atoms with E-state index < -0.39 is 5.91 Å². The van der Waals surface area contributed by atoms with E-state index in [1.54, 1.807) is 18.3 Å². The number of carbonyl (C=O) groups excluding carboxylic acids is 1. The molecule has 0 saturated carbocycles. The molecule has 1 aliphatic rings. The number of nitrogen functional groups attached to an aromatic ring is 1. The largest absolute Gasteiger partial charge is 0.398 e. The molecular formula is C15H16N4O. The zero-order valence-corrected chi connectivity index (χ0v) is 11.0. The van der Waals surface area contributed by atoms with Crippen molar-refractivity contribution < 1.29 is 4.79 Å². The van der Waals surface area contributed by atoms with Crippen LogP contribution in [0.1, 0.15) is 21.5 Å². The molecule has 0 aliphatic carbocycles. The molecule has 0 saturated heterocycles. The van der Waals surface area contributed by atoms with E-state index in [9.17, 15) is 4.79 Å². The van der Waals surface area contributed by atoms with Crippen LogP contribution in [0.5, 0.6) is 0 Å². The van der Waals surface area contributed by atoms with Crippen molar-refractivity contribution in [3.63, 3.8) is 0 Å². The van der Waals surface area contributed by atoms with Gasteiger partial charge < -0.3 is 16.4 Å². The molecule has 0 spiro atoms. The van der Waals surface area contributed by atoms with Gasteiger partial charge >= 0.3 is 0 Å². The van der Waals surface area contributed by atoms with E-state index in [0.717, 1.165) is 18.7 Å². The number of aromatic nitrogens is 1. The Bertz CT molecular complexity index is 669. The summed E-state index contributed by atoms with van der Waals surface area (Å²) in [6.45, 7) is 1.47. The number of fused-ring (bicyclic) bond motifs is 1. The van der Waals surface area contributed by atoms with Crippen LogP contribution in [0.25, 0.3) is 0 Å². The average Bonchev–Trinajstić information content (AvgIpc) is 2.47. The Kier molecular flexibility index (Phi) is 3.02. The van der Waals surface area contributed by atoms with Gasteiger partial charge in [0.05, 0.1) is 5.56 Å². The summed E-state index contributed by atoms with van der Waals surface area (Å²) in [5, 5.41) is 0. The monoisotopic (exact) mass is 268 g/mol. The van der Waals surface area contributed by atoms with Crippen molar-refractivity contribution >= 4 is 17.4 Å². The smallest absolute Gasteiger partial charge is 0.252 e. The Morgan fingerprint density at radius 2 is 2.10 bits per heavy atom. The highest BCUT2D eigenvalue weighted by Gasteiger charge is 2.22. The SMILES string of the molecule is NC(=O)c1cccnc1N1CCc2c(N)cccc2C1. The van der Waals surface area contributed by atoms with Crippen LogP contribution >= 0.6 is 0 Å². The third-order valence-electron chi connectivity index (χ3n) is 3.65. The molecule has 20 heavy (non-hydrogen) atoms. The molecule has 3 rings (SSSR count). The first-order valence-corrected chi connectivity index (χ1v) is 6.53. The second-order valence-corrected chi connectivity index (χ2v) is 4.90. The Hall–Kier alpha value is -2.56. The average molecular weight is 268 g/mol. The van der Waals surface area contributed by atoms with Gasteiger partial charge in [-0.05, 0) is 35.7 Å². The van der Waals surface area contributed by atoms with E-state index in [4.69, 9.17) is 11.5 Å². The van der Waals surface area contributed by atoms with Crippen LogP contribution < -0.4 is 16.4 Å². The molecule has 0 fully saturated rings. The number of amides is 1. The van der Waals surface area contributed by atoms with Crippen LogP contribution in [0.15, 0.2) is 36.5 Å². The lowest BCUT2D eigenvalue weighted by Crippen LogP contribution is -2.33. The van der Waals surface area contributed by atoms with Gasteiger partial charge in [0.2, 0.25) is 0 Å². The van der Waals surface area contributed by atoms with Gasteiger partial charge in [-0.25, -0.2) is 4.98 Å². The third-order valence-corrected chi connectivity index (χ3v) is 3.65. The van der Waals surface area contributed by atoms with Gasteiger partial charge in [0.15, 0.2) is 0 Å². The Balaban J connectivity index is 1.97. The summed E-state index contributed by atoms with van der Waals surface area (Å²) < 4.78 is 0. The van der Waals surface area contributed by atoms with Gasteiger partial charge in [0.1, 0.15) is 5.82 Å². The van der Waals surface area contributed by atoms with E-state index in [2.05, 4.69) is 16.0 Å². The fourth-order valence-electron chi connectivity index (χ4n) is 2.66. The molecule has 0 bridgehead atoms. The molecule has 1 amide bonds. The van der Waals surface area contributed by atoms with Crippen LogP contribution in [-0.2, 0) is 13.0 Å². The maximum absolute atomic E-state index is 11.5. The van der Waals surface area contributed by atoms with Crippen LogP contribution in [0, 0.1) is 0 Å². The molecule has 2 aromatic rings. The minimum absolute atomic E-state index is 0.452. The van der Waals surface area contributed by atoms with Crippen LogP contribution in [0.4, 0.5) is 11.5 Å². The first-order valence-electron chi connectivity index (χ1n) is 6.53. The molecule has 1 aromatic heterocycles. The summed E-state index contributed by atoms with van der Waals surface area (Å²) in [4.78, 5) is 17.9. The number of hydrogen-bond acceptors (Lipinski definition) is 4. The molecule has 5 nitrogen and oxygen atoms in total. The van der Waals surface area contributed by atoms with Gasteiger partial charge in [0.25, 0.3) is 5.91 Å². The van der Waals surface area contributed by atoms with Crippen molar-refractivity contribution in [1.82, 2.24) is 4.98 Å². The quantitative estimate of drug-likeness (QED) is 0.804. The van der Waals surface area contributed by atoms with Crippen molar-refractivity contribution in [2.75, 3.05) is 17.2 Å². The van der Waals surface area contributed by atoms with Crippen molar-refractivity contribution in [2.45, 2.75) is 13.0 Å². The zero-order valence-electron chi connectivity index (χ0n) is 11.0. The van der Waals surface area contributed by atoms with Gasteiger partial charge in [-0.15, -0.1) is 0 Å². The standard InChI is InChI=1S/C15H16N4O/c16-13-5-1-3-10-9-19(8-6-11(10)13)15-12(14(17)20)4-2-7-18-15/h1-5,7H,6,8-9,16H2,(H2,17,20). The number of nitrogens with zero attached hydrogens (tertiary/aromatic N) is 2. The van der Waals surface area contributed by atoms with E-state index in [0.29, 0.717) is 17.9 Å². The lowest BCUT2D eigenvalue weighted by atomic mass is 9.97. The second kappa shape index (κ2) is 4.85. The second-order valence-electron chi connectivity index (χ2n) is 4.90. The lowest BCUT2D eigenvalue weighted by Gasteiger charge is -2.31. The third kappa shape index (κ3) is 2.07. The van der Waals surface area contributed by atoms with Gasteiger partial charge in [-0.1, -0.05) is 12.1 Å². The molecule has 0 unspecified atom stereocenters. The minimum Gasteiger partial charge on any atom is -0.398 e. The number of rotatable bonds is 2. The van der Waals surface area contributed by atoms with Crippen molar-refractivity contribution in [2.24, 2.45) is 5.73 Å². The first kappa shape index (κ1) is 12.5. The van der Waals surface area contributed by atoms with Crippen LogP contribution in [0.2, 0.25) is 0 Å². The highest BCUT2D eigenvalue weighted by atomic mass is 16.1. The Morgan fingerprint density at radius 3 is 2.90 bits per heavy atom. The summed E-state index contributed by atoms with van der Waals surface area (Å²) in [6.07, 6.45) is 2.52. The maximum atomic E-state index is 11.5. The topological polar surface area (TPSA) is 85.2 Å². The Labute approximate surface area is 117 Å². The summed E-state index contributed by atoms with van der Waals surface area (Å²) >= 11 is 0. The summed E-state index contributed by atoms with van der Waals surface area (Å²) in [6, 6.07) is 9.36. The van der Waals surface area contributed by atoms with Gasteiger partial charge in [0, 0.05) is 25.0 Å². The van der Waals surface area contributed by atoms with E-state index >= 15 is 0 Å². The molecule has 0 atom stereocenters. The first-order chi connectivity index (χ1) is 9.66. The van der Waals surface area contributed by atoms with Crippen molar-refractivity contribution in [3.05, 3.63) is 53.2 Å². The van der Waals surface area contributed by atoms with E-state index in [1.807, 2.05) is 12.1 Å². The van der Waals surface area contributed by atoms with Crippen molar-refractivity contribution in [3.8, 4) is 0 Å². The molecular weight excluding hydrogens is 252 g/mol. The number of carbonyl (C=O) groups is 1. The highest BCUT2D eigenvalue weighted by Crippen LogP contribution is 2.28. The fourth-order valence-corrected chi connectivity index (χ4v) is 2.66.